The highest BCUT2D eigenvalue weighted by atomic mass is 35.5. The molecule has 7 heteroatoms. The van der Waals surface area contributed by atoms with Crippen molar-refractivity contribution in [3.05, 3.63) is 83.3 Å². The monoisotopic (exact) mass is 399 g/mol. The summed E-state index contributed by atoms with van der Waals surface area (Å²) in [7, 11) is 1.67. The molecule has 3 rings (SSSR count). The van der Waals surface area contributed by atoms with E-state index in [2.05, 4.69) is 4.98 Å². The molecule has 1 aromatic heterocycles. The van der Waals surface area contributed by atoms with Gasteiger partial charge in [-0.25, -0.2) is 10.5 Å². The van der Waals surface area contributed by atoms with E-state index in [4.69, 9.17) is 14.9 Å². The SMILES string of the molecule is COCc1[nH]c(Cc2ccc(/C=C/C(=O)NO)cc2)nc1-c1ccccc1.Cl. The van der Waals surface area contributed by atoms with Gasteiger partial charge in [0.05, 0.1) is 18.0 Å². The molecule has 1 heterocycles. The second-order valence-corrected chi connectivity index (χ2v) is 6.04. The smallest absolute Gasteiger partial charge is 0.267 e. The van der Waals surface area contributed by atoms with Gasteiger partial charge in [0, 0.05) is 25.2 Å². The number of carbonyl (C=O) groups excluding carboxylic acids is 1. The van der Waals surface area contributed by atoms with Gasteiger partial charge in [-0.3, -0.25) is 10.0 Å². The van der Waals surface area contributed by atoms with Crippen LogP contribution in [0.3, 0.4) is 0 Å². The molecule has 3 aromatic rings. The molecule has 0 spiro atoms. The molecular formula is C21H22ClN3O3. The number of carbonyl (C=O) groups is 1. The number of halogens is 1. The summed E-state index contributed by atoms with van der Waals surface area (Å²) >= 11 is 0. The number of H-pyrrole nitrogens is 1. The summed E-state index contributed by atoms with van der Waals surface area (Å²) in [6, 6.07) is 17.8. The minimum Gasteiger partial charge on any atom is -0.378 e. The Kier molecular flexibility index (Phi) is 7.95. The maximum Gasteiger partial charge on any atom is 0.267 e. The molecule has 28 heavy (non-hydrogen) atoms. The number of aromatic amines is 1. The van der Waals surface area contributed by atoms with Gasteiger partial charge in [0.1, 0.15) is 5.82 Å². The zero-order chi connectivity index (χ0) is 19.1. The van der Waals surface area contributed by atoms with Gasteiger partial charge in [0.2, 0.25) is 0 Å². The molecule has 0 fully saturated rings. The van der Waals surface area contributed by atoms with Crippen molar-refractivity contribution < 1.29 is 14.7 Å². The number of ether oxygens (including phenoxy) is 1. The topological polar surface area (TPSA) is 87.2 Å². The molecule has 3 N–H and O–H groups in total. The van der Waals surface area contributed by atoms with Crippen molar-refractivity contribution in [2.75, 3.05) is 7.11 Å². The first kappa shape index (κ1) is 21.4. The number of rotatable bonds is 7. The maximum atomic E-state index is 11.0. The molecule has 0 radical (unpaired) electrons. The van der Waals surface area contributed by atoms with Gasteiger partial charge in [0.25, 0.3) is 5.91 Å². The number of hydrogen-bond acceptors (Lipinski definition) is 4. The minimum atomic E-state index is -0.561. The van der Waals surface area contributed by atoms with Crippen LogP contribution in [0, 0.1) is 0 Å². The Morgan fingerprint density at radius 3 is 2.54 bits per heavy atom. The molecular weight excluding hydrogens is 378 g/mol. The van der Waals surface area contributed by atoms with Crippen LogP contribution in [-0.4, -0.2) is 28.2 Å². The Morgan fingerprint density at radius 2 is 1.89 bits per heavy atom. The van der Waals surface area contributed by atoms with Crippen LogP contribution in [0.15, 0.2) is 60.7 Å². The van der Waals surface area contributed by atoms with Crippen molar-refractivity contribution in [3.8, 4) is 11.3 Å². The molecule has 1 amide bonds. The molecule has 6 nitrogen and oxygen atoms in total. The van der Waals surface area contributed by atoms with E-state index < -0.39 is 5.91 Å². The summed E-state index contributed by atoms with van der Waals surface area (Å²) in [6.45, 7) is 0.466. The third-order valence-electron chi connectivity index (χ3n) is 4.05. The van der Waals surface area contributed by atoms with Crippen molar-refractivity contribution in [3.63, 3.8) is 0 Å². The van der Waals surface area contributed by atoms with Crippen molar-refractivity contribution in [1.82, 2.24) is 15.4 Å². The second kappa shape index (κ2) is 10.4. The average Bonchev–Trinajstić information content (AvgIpc) is 3.10. The molecule has 2 aromatic carbocycles. The standard InChI is InChI=1S/C21H21N3O3.ClH/c1-27-14-18-21(17-5-3-2-4-6-17)23-19(22-18)13-16-9-7-15(8-10-16)11-12-20(25)24-26;/h2-12,26H,13-14H2,1H3,(H,22,23)(H,24,25);1H/b12-11+;. The number of nitrogens with zero attached hydrogens (tertiary/aromatic N) is 1. The van der Waals surface area contributed by atoms with Crippen LogP contribution >= 0.6 is 12.4 Å². The van der Waals surface area contributed by atoms with Gasteiger partial charge in [-0.15, -0.1) is 12.4 Å². The lowest BCUT2D eigenvalue weighted by Crippen LogP contribution is -2.14. The summed E-state index contributed by atoms with van der Waals surface area (Å²) in [6.07, 6.45) is 3.56. The molecule has 0 saturated heterocycles. The largest absolute Gasteiger partial charge is 0.378 e. The van der Waals surface area contributed by atoms with E-state index in [-0.39, 0.29) is 12.4 Å². The highest BCUT2D eigenvalue weighted by molar-refractivity contribution is 5.90. The lowest BCUT2D eigenvalue weighted by molar-refractivity contribution is -0.124. The number of amides is 1. The van der Waals surface area contributed by atoms with Crippen LogP contribution in [-0.2, 0) is 22.6 Å². The highest BCUT2D eigenvalue weighted by Crippen LogP contribution is 2.23. The van der Waals surface area contributed by atoms with Gasteiger partial charge < -0.3 is 9.72 Å². The number of imidazole rings is 1. The lowest BCUT2D eigenvalue weighted by Gasteiger charge is -2.00. The minimum absolute atomic E-state index is 0. The van der Waals surface area contributed by atoms with Crippen LogP contribution < -0.4 is 5.48 Å². The molecule has 0 aliphatic heterocycles. The van der Waals surface area contributed by atoms with Gasteiger partial charge >= 0.3 is 0 Å². The van der Waals surface area contributed by atoms with E-state index in [0.717, 1.165) is 33.9 Å². The van der Waals surface area contributed by atoms with Gasteiger partial charge in [0.15, 0.2) is 0 Å². The second-order valence-electron chi connectivity index (χ2n) is 6.04. The van der Waals surface area contributed by atoms with E-state index >= 15 is 0 Å². The zero-order valence-corrected chi connectivity index (χ0v) is 16.2. The van der Waals surface area contributed by atoms with Gasteiger partial charge in [-0.05, 0) is 17.2 Å². The van der Waals surface area contributed by atoms with Crippen molar-refractivity contribution >= 4 is 24.4 Å². The van der Waals surface area contributed by atoms with Crippen molar-refractivity contribution in [2.45, 2.75) is 13.0 Å². The van der Waals surface area contributed by atoms with Crippen LogP contribution in [0.1, 0.15) is 22.6 Å². The molecule has 0 unspecified atom stereocenters. The molecule has 0 aliphatic rings. The fourth-order valence-electron chi connectivity index (χ4n) is 2.78. The Hall–Kier alpha value is -2.93. The maximum absolute atomic E-state index is 11.0. The van der Waals surface area contributed by atoms with E-state index in [1.807, 2.05) is 54.6 Å². The summed E-state index contributed by atoms with van der Waals surface area (Å²) < 4.78 is 5.30. The number of hydrogen-bond donors (Lipinski definition) is 3. The fraction of sp³-hybridized carbons (Fsp3) is 0.143. The summed E-state index contributed by atoms with van der Waals surface area (Å²) in [5.41, 5.74) is 6.43. The predicted octanol–water partition coefficient (Wildman–Crippen LogP) is 3.75. The normalized spacial score (nSPS) is 10.6. The third kappa shape index (κ3) is 5.53. The quantitative estimate of drug-likeness (QED) is 0.321. The first-order valence-corrected chi connectivity index (χ1v) is 8.53. The van der Waals surface area contributed by atoms with E-state index in [1.54, 1.807) is 18.7 Å². The van der Waals surface area contributed by atoms with E-state index in [9.17, 15) is 4.79 Å². The van der Waals surface area contributed by atoms with Crippen molar-refractivity contribution in [1.29, 1.82) is 0 Å². The number of hydroxylamine groups is 1. The molecule has 146 valence electrons. The average molecular weight is 400 g/mol. The fourth-order valence-corrected chi connectivity index (χ4v) is 2.78. The molecule has 0 atom stereocenters. The summed E-state index contributed by atoms with van der Waals surface area (Å²) in [5.74, 6) is 0.303. The Balaban J connectivity index is 0.00000280. The summed E-state index contributed by atoms with van der Waals surface area (Å²) in [5, 5.41) is 8.50. The third-order valence-corrected chi connectivity index (χ3v) is 4.05. The van der Waals surface area contributed by atoms with Gasteiger partial charge in [-0.2, -0.15) is 0 Å². The molecule has 0 aliphatic carbocycles. The van der Waals surface area contributed by atoms with Gasteiger partial charge in [-0.1, -0.05) is 54.6 Å². The highest BCUT2D eigenvalue weighted by Gasteiger charge is 2.12. The summed E-state index contributed by atoms with van der Waals surface area (Å²) in [4.78, 5) is 19.1. The number of nitrogens with one attached hydrogen (secondary N) is 2. The number of aromatic nitrogens is 2. The molecule has 0 bridgehead atoms. The van der Waals surface area contributed by atoms with Crippen molar-refractivity contribution in [2.24, 2.45) is 0 Å². The zero-order valence-electron chi connectivity index (χ0n) is 15.4. The predicted molar refractivity (Wildman–Crippen MR) is 110 cm³/mol. The Bertz CT molecular complexity index is 922. The van der Waals surface area contributed by atoms with E-state index in [0.29, 0.717) is 13.0 Å². The first-order valence-electron chi connectivity index (χ1n) is 8.53. The van der Waals surface area contributed by atoms with Crippen LogP contribution in [0.4, 0.5) is 0 Å². The Morgan fingerprint density at radius 1 is 1.18 bits per heavy atom. The Labute approximate surface area is 169 Å². The van der Waals surface area contributed by atoms with Crippen LogP contribution in [0.5, 0.6) is 0 Å². The van der Waals surface area contributed by atoms with Crippen LogP contribution in [0.25, 0.3) is 17.3 Å². The van der Waals surface area contributed by atoms with E-state index in [1.165, 1.54) is 6.08 Å². The lowest BCUT2D eigenvalue weighted by atomic mass is 10.1. The first-order chi connectivity index (χ1) is 13.2. The molecule has 0 saturated carbocycles. The van der Waals surface area contributed by atoms with Crippen LogP contribution in [0.2, 0.25) is 0 Å². The number of benzene rings is 2. The number of methoxy groups -OCH3 is 1.